The molecule has 1 aliphatic heterocycles. The standard InChI is InChI=1S/C11H16BrN3O4/c1-2-5-3-15(11(18)14-9(5)13)10-8(17)7(12)6(4-16)19-10/h3,6-8,10,16-17H,2,4H2,1H3,(H2,13,14,18)/t6-,7+,8-,10-/m1/s1. The zero-order chi connectivity index (χ0) is 14.2. The molecule has 1 fully saturated rings. The summed E-state index contributed by atoms with van der Waals surface area (Å²) in [4.78, 5) is 15.1. The molecule has 0 bridgehead atoms. The summed E-state index contributed by atoms with van der Waals surface area (Å²) in [7, 11) is 0. The Morgan fingerprint density at radius 3 is 2.84 bits per heavy atom. The van der Waals surface area contributed by atoms with Crippen molar-refractivity contribution in [3.05, 3.63) is 22.2 Å². The van der Waals surface area contributed by atoms with E-state index in [-0.39, 0.29) is 12.4 Å². The molecular weight excluding hydrogens is 318 g/mol. The molecule has 19 heavy (non-hydrogen) atoms. The lowest BCUT2D eigenvalue weighted by Gasteiger charge is -2.18. The second-order valence-electron chi connectivity index (χ2n) is 4.38. The normalized spacial score (nSPS) is 30.7. The third kappa shape index (κ3) is 2.53. The van der Waals surface area contributed by atoms with Crippen molar-refractivity contribution in [2.45, 2.75) is 36.6 Å². The van der Waals surface area contributed by atoms with Crippen LogP contribution in [0.3, 0.4) is 0 Å². The van der Waals surface area contributed by atoms with Crippen LogP contribution in [0.2, 0.25) is 0 Å². The molecule has 106 valence electrons. The average Bonchev–Trinajstić information content (AvgIpc) is 2.67. The first-order chi connectivity index (χ1) is 8.99. The van der Waals surface area contributed by atoms with E-state index in [0.29, 0.717) is 12.0 Å². The molecule has 1 saturated heterocycles. The Hall–Kier alpha value is -0.960. The molecule has 0 saturated carbocycles. The molecule has 7 nitrogen and oxygen atoms in total. The Bertz CT molecular complexity index is 521. The number of alkyl halides is 1. The Morgan fingerprint density at radius 2 is 2.32 bits per heavy atom. The molecule has 0 spiro atoms. The van der Waals surface area contributed by atoms with Crippen LogP contribution >= 0.6 is 15.9 Å². The van der Waals surface area contributed by atoms with E-state index < -0.39 is 29.0 Å². The number of halogens is 1. The zero-order valence-corrected chi connectivity index (χ0v) is 11.9. The van der Waals surface area contributed by atoms with Gasteiger partial charge in [0.05, 0.1) is 17.5 Å². The van der Waals surface area contributed by atoms with Gasteiger partial charge in [-0.25, -0.2) is 4.79 Å². The Balaban J connectivity index is 2.40. The van der Waals surface area contributed by atoms with E-state index in [1.165, 1.54) is 10.8 Å². The molecule has 4 atom stereocenters. The summed E-state index contributed by atoms with van der Waals surface area (Å²) in [6, 6.07) is 0. The van der Waals surface area contributed by atoms with Crippen LogP contribution in [-0.4, -0.2) is 43.4 Å². The van der Waals surface area contributed by atoms with Crippen molar-refractivity contribution in [3.63, 3.8) is 0 Å². The molecule has 1 aromatic rings. The van der Waals surface area contributed by atoms with Crippen LogP contribution in [0.5, 0.6) is 0 Å². The van der Waals surface area contributed by atoms with Crippen LogP contribution in [0.25, 0.3) is 0 Å². The van der Waals surface area contributed by atoms with Crippen LogP contribution in [-0.2, 0) is 11.2 Å². The Labute approximate surface area is 118 Å². The van der Waals surface area contributed by atoms with Gasteiger partial charge in [-0.2, -0.15) is 4.98 Å². The molecule has 1 aromatic heterocycles. The minimum absolute atomic E-state index is 0.185. The van der Waals surface area contributed by atoms with Crippen LogP contribution < -0.4 is 11.4 Å². The molecule has 4 N–H and O–H groups in total. The Morgan fingerprint density at radius 1 is 1.63 bits per heavy atom. The van der Waals surface area contributed by atoms with Gasteiger partial charge in [-0.05, 0) is 6.42 Å². The summed E-state index contributed by atoms with van der Waals surface area (Å²) >= 11 is 3.25. The summed E-state index contributed by atoms with van der Waals surface area (Å²) in [6.07, 6.45) is -0.256. The van der Waals surface area contributed by atoms with E-state index >= 15 is 0 Å². The number of rotatable bonds is 3. The van der Waals surface area contributed by atoms with Crippen molar-refractivity contribution < 1.29 is 14.9 Å². The van der Waals surface area contributed by atoms with Crippen molar-refractivity contribution in [1.29, 1.82) is 0 Å². The van der Waals surface area contributed by atoms with Crippen molar-refractivity contribution in [2.75, 3.05) is 12.3 Å². The van der Waals surface area contributed by atoms with E-state index in [2.05, 4.69) is 20.9 Å². The average molecular weight is 334 g/mol. The quantitative estimate of drug-likeness (QED) is 0.637. The van der Waals surface area contributed by atoms with E-state index in [0.717, 1.165) is 0 Å². The van der Waals surface area contributed by atoms with Gasteiger partial charge in [0.25, 0.3) is 0 Å². The van der Waals surface area contributed by atoms with Gasteiger partial charge in [0.15, 0.2) is 6.23 Å². The summed E-state index contributed by atoms with van der Waals surface area (Å²) < 4.78 is 6.69. The summed E-state index contributed by atoms with van der Waals surface area (Å²) in [6.45, 7) is 1.64. The lowest BCUT2D eigenvalue weighted by molar-refractivity contribution is -0.0530. The van der Waals surface area contributed by atoms with Crippen LogP contribution in [0, 0.1) is 0 Å². The number of nitrogens with two attached hydrogens (primary N) is 1. The number of aryl methyl sites for hydroxylation is 1. The van der Waals surface area contributed by atoms with Crippen LogP contribution in [0.1, 0.15) is 18.7 Å². The predicted octanol–water partition coefficient (Wildman–Crippen LogP) is -0.598. The number of aliphatic hydroxyl groups excluding tert-OH is 2. The number of ether oxygens (including phenoxy) is 1. The Kier molecular flexibility index (Phi) is 4.24. The molecule has 0 radical (unpaired) electrons. The third-order valence-corrected chi connectivity index (χ3v) is 4.32. The van der Waals surface area contributed by atoms with Gasteiger partial charge in [-0.15, -0.1) is 0 Å². The number of nitrogens with zero attached hydrogens (tertiary/aromatic N) is 2. The van der Waals surface area contributed by atoms with Gasteiger partial charge in [0, 0.05) is 11.8 Å². The van der Waals surface area contributed by atoms with E-state index in [4.69, 9.17) is 15.6 Å². The lowest BCUT2D eigenvalue weighted by atomic mass is 10.2. The summed E-state index contributed by atoms with van der Waals surface area (Å²) in [5, 5.41) is 19.2. The van der Waals surface area contributed by atoms with Crippen molar-refractivity contribution in [2.24, 2.45) is 0 Å². The predicted molar refractivity (Wildman–Crippen MR) is 72.0 cm³/mol. The molecular formula is C11H16BrN3O4. The monoisotopic (exact) mass is 333 g/mol. The molecule has 0 amide bonds. The molecule has 0 aliphatic carbocycles. The highest BCUT2D eigenvalue weighted by molar-refractivity contribution is 9.09. The van der Waals surface area contributed by atoms with Gasteiger partial charge in [0.2, 0.25) is 0 Å². The van der Waals surface area contributed by atoms with Gasteiger partial charge < -0.3 is 20.7 Å². The van der Waals surface area contributed by atoms with Crippen LogP contribution in [0.15, 0.2) is 11.0 Å². The molecule has 8 heteroatoms. The number of anilines is 1. The van der Waals surface area contributed by atoms with E-state index in [9.17, 15) is 9.90 Å². The van der Waals surface area contributed by atoms with Gasteiger partial charge in [-0.3, -0.25) is 4.57 Å². The fourth-order valence-corrected chi connectivity index (χ4v) is 2.62. The topological polar surface area (TPSA) is 111 Å². The number of hydrogen-bond donors (Lipinski definition) is 3. The van der Waals surface area contributed by atoms with Gasteiger partial charge in [-0.1, -0.05) is 22.9 Å². The maximum Gasteiger partial charge on any atom is 0.351 e. The van der Waals surface area contributed by atoms with Crippen molar-refractivity contribution in [3.8, 4) is 0 Å². The molecule has 0 aromatic carbocycles. The number of nitrogen functional groups attached to an aromatic ring is 1. The van der Waals surface area contributed by atoms with E-state index in [1.807, 2.05) is 6.92 Å². The highest BCUT2D eigenvalue weighted by Crippen LogP contribution is 2.33. The second-order valence-corrected chi connectivity index (χ2v) is 5.43. The fourth-order valence-electron chi connectivity index (χ4n) is 2.06. The van der Waals surface area contributed by atoms with Crippen molar-refractivity contribution >= 4 is 21.7 Å². The zero-order valence-electron chi connectivity index (χ0n) is 10.4. The highest BCUT2D eigenvalue weighted by atomic mass is 79.9. The first-order valence-corrected chi connectivity index (χ1v) is 6.87. The SMILES string of the molecule is CCc1cn([C@@H]2O[C@H](CO)[C@H](Br)[C@H]2O)c(=O)nc1N. The lowest BCUT2D eigenvalue weighted by Crippen LogP contribution is -2.34. The first kappa shape index (κ1) is 14.4. The van der Waals surface area contributed by atoms with Gasteiger partial charge in [0.1, 0.15) is 11.9 Å². The highest BCUT2D eigenvalue weighted by Gasteiger charge is 2.43. The third-order valence-electron chi connectivity index (χ3n) is 3.18. The molecule has 0 unspecified atom stereocenters. The van der Waals surface area contributed by atoms with Gasteiger partial charge >= 0.3 is 5.69 Å². The summed E-state index contributed by atoms with van der Waals surface area (Å²) in [5.41, 5.74) is 5.75. The van der Waals surface area contributed by atoms with E-state index in [1.54, 1.807) is 0 Å². The first-order valence-electron chi connectivity index (χ1n) is 5.95. The minimum atomic E-state index is -0.954. The number of hydrogen-bond acceptors (Lipinski definition) is 6. The molecule has 1 aliphatic rings. The smallest absolute Gasteiger partial charge is 0.351 e. The second kappa shape index (κ2) is 5.58. The molecule has 2 heterocycles. The van der Waals surface area contributed by atoms with Crippen LogP contribution in [0.4, 0.5) is 5.82 Å². The van der Waals surface area contributed by atoms with Crippen molar-refractivity contribution in [1.82, 2.24) is 9.55 Å². The molecule has 2 rings (SSSR count). The maximum atomic E-state index is 11.8. The minimum Gasteiger partial charge on any atom is -0.394 e. The fraction of sp³-hybridized carbons (Fsp3) is 0.636. The largest absolute Gasteiger partial charge is 0.394 e. The maximum absolute atomic E-state index is 11.8. The number of aliphatic hydroxyl groups is 2. The summed E-state index contributed by atoms with van der Waals surface area (Å²) in [5.74, 6) is 0.185. The number of aromatic nitrogens is 2.